The number of carbonyl (C=O) groups is 5. The summed E-state index contributed by atoms with van der Waals surface area (Å²) in [7, 11) is 0. The Kier molecular flexibility index (Phi) is 12.0. The number of likely N-dealkylation sites (tertiary alicyclic amines) is 2. The minimum absolute atomic E-state index is 0.0554. The van der Waals surface area contributed by atoms with Gasteiger partial charge in [-0.3, -0.25) is 24.0 Å². The van der Waals surface area contributed by atoms with Crippen LogP contribution < -0.4 is 22.1 Å². The molecule has 11 atom stereocenters. The number of aliphatic hydroxyl groups excluding tert-OH is 5. The molecule has 0 aromatic heterocycles. The monoisotopic (exact) mass is 653 g/mol. The number of nitrogens with one attached hydrogen (secondary N) is 2. The average molecular weight is 654 g/mol. The molecular weight excluding hydrogens is 608 g/mol. The molecule has 0 spiro atoms. The minimum Gasteiger partial charge on any atom is -0.508 e. The molecule has 3 rings (SSSR count). The lowest BCUT2D eigenvalue weighted by Gasteiger charge is -2.32. The van der Waals surface area contributed by atoms with E-state index in [1.807, 2.05) is 0 Å². The molecule has 5 amide bonds. The van der Waals surface area contributed by atoms with Crippen molar-refractivity contribution in [1.29, 1.82) is 0 Å². The van der Waals surface area contributed by atoms with Gasteiger partial charge in [0.1, 0.15) is 36.0 Å². The maximum Gasteiger partial charge on any atom is 0.284 e. The summed E-state index contributed by atoms with van der Waals surface area (Å²) < 4.78 is 0. The third-order valence-electron chi connectivity index (χ3n) is 8.46. The van der Waals surface area contributed by atoms with Crippen LogP contribution in [0.4, 0.5) is 0 Å². The molecule has 17 nitrogen and oxygen atoms in total. The molecule has 2 heterocycles. The molecule has 2 saturated heterocycles. The maximum absolute atomic E-state index is 13.7. The number of primary amides is 1. The van der Waals surface area contributed by atoms with Crippen molar-refractivity contribution in [2.45, 2.75) is 94.3 Å². The van der Waals surface area contributed by atoms with E-state index in [1.54, 1.807) is 6.92 Å². The summed E-state index contributed by atoms with van der Waals surface area (Å²) in [6, 6.07) is -1.73. The summed E-state index contributed by atoms with van der Waals surface area (Å²) in [5.74, 6) is -5.30. The van der Waals surface area contributed by atoms with E-state index in [4.69, 9.17) is 5.73 Å². The number of aromatic hydroxyl groups is 1. The third kappa shape index (κ3) is 8.28. The number of amides is 5. The number of β-amino-alcohol motifs (C(OH)–C–C–N with tert-alkyl or cyclic N) is 1. The van der Waals surface area contributed by atoms with Gasteiger partial charge in [-0.15, -0.1) is 0 Å². The van der Waals surface area contributed by atoms with Crippen LogP contribution >= 0.6 is 0 Å². The van der Waals surface area contributed by atoms with Crippen molar-refractivity contribution < 1.29 is 60.3 Å². The van der Waals surface area contributed by atoms with Crippen LogP contribution in [0.2, 0.25) is 0 Å². The molecule has 0 saturated carbocycles. The van der Waals surface area contributed by atoms with Gasteiger partial charge in [-0.2, -0.15) is 0 Å². The molecule has 0 radical (unpaired) electrons. The van der Waals surface area contributed by atoms with Crippen LogP contribution in [0, 0.1) is 5.92 Å². The fourth-order valence-electron chi connectivity index (χ4n) is 5.69. The highest BCUT2D eigenvalue weighted by Crippen LogP contribution is 2.25. The Balaban J connectivity index is 1.90. The SMILES string of the molecule is CC(O)[C@H]([NH3+])C(=O)N1C[C@H](O)C[C@H]1C(=O)N[C@H](C(=O)N[C@H](C(=O)N1C[C@H](C)[C@H](O)[C@H]1C(N)=O)C(C)O)[C@H](O)Cc1ccc(O)cc1. The van der Waals surface area contributed by atoms with Gasteiger partial charge in [0.25, 0.3) is 5.91 Å². The lowest BCUT2D eigenvalue weighted by atomic mass is 9.99. The number of quaternary nitrogens is 1. The molecule has 13 N–H and O–H groups in total. The first-order chi connectivity index (χ1) is 21.4. The molecular formula is C29H45N6O11+. The average Bonchev–Trinajstić information content (AvgIpc) is 3.52. The van der Waals surface area contributed by atoms with Crippen LogP contribution in [0.25, 0.3) is 0 Å². The van der Waals surface area contributed by atoms with Crippen LogP contribution in [0.1, 0.15) is 32.8 Å². The van der Waals surface area contributed by atoms with Crippen LogP contribution in [-0.2, 0) is 30.4 Å². The largest absolute Gasteiger partial charge is 0.508 e. The van der Waals surface area contributed by atoms with E-state index in [9.17, 15) is 54.6 Å². The number of benzene rings is 1. The minimum atomic E-state index is -1.78. The molecule has 2 aliphatic heterocycles. The number of carbonyl (C=O) groups excluding carboxylic acids is 5. The zero-order chi connectivity index (χ0) is 34.6. The molecule has 46 heavy (non-hydrogen) atoms. The van der Waals surface area contributed by atoms with Crippen LogP contribution in [-0.4, -0.2) is 144 Å². The summed E-state index contributed by atoms with van der Waals surface area (Å²) in [5.41, 5.74) is 9.48. The number of aliphatic hydroxyl groups is 5. The smallest absolute Gasteiger partial charge is 0.284 e. The second-order valence-electron chi connectivity index (χ2n) is 12.2. The van der Waals surface area contributed by atoms with Gasteiger partial charge in [0.05, 0.1) is 24.4 Å². The second kappa shape index (κ2) is 15.1. The van der Waals surface area contributed by atoms with E-state index in [0.29, 0.717) is 5.56 Å². The van der Waals surface area contributed by atoms with Gasteiger partial charge in [0, 0.05) is 31.8 Å². The molecule has 0 aliphatic carbocycles. The van der Waals surface area contributed by atoms with Gasteiger partial charge in [-0.1, -0.05) is 19.1 Å². The summed E-state index contributed by atoms with van der Waals surface area (Å²) in [4.78, 5) is 67.8. The lowest BCUT2D eigenvalue weighted by molar-refractivity contribution is -0.421. The van der Waals surface area contributed by atoms with E-state index in [0.717, 1.165) is 9.80 Å². The van der Waals surface area contributed by atoms with E-state index in [2.05, 4.69) is 16.4 Å². The van der Waals surface area contributed by atoms with Crippen molar-refractivity contribution in [2.24, 2.45) is 11.7 Å². The number of phenolic OH excluding ortho intramolecular Hbond substituents is 1. The Morgan fingerprint density at radius 1 is 0.935 bits per heavy atom. The highest BCUT2D eigenvalue weighted by Gasteiger charge is 2.48. The van der Waals surface area contributed by atoms with Crippen molar-refractivity contribution in [3.63, 3.8) is 0 Å². The topological polar surface area (TPSA) is 291 Å². The first-order valence-corrected chi connectivity index (χ1v) is 15.0. The molecule has 256 valence electrons. The zero-order valence-electron chi connectivity index (χ0n) is 25.9. The Bertz CT molecular complexity index is 1280. The van der Waals surface area contributed by atoms with Gasteiger partial charge in [-0.05, 0) is 31.5 Å². The maximum atomic E-state index is 13.7. The predicted octanol–water partition coefficient (Wildman–Crippen LogP) is -5.71. The molecule has 2 fully saturated rings. The van der Waals surface area contributed by atoms with E-state index >= 15 is 0 Å². The number of hydrogen-bond acceptors (Lipinski definition) is 11. The van der Waals surface area contributed by atoms with Gasteiger partial charge < -0.3 is 62.5 Å². The number of rotatable bonds is 12. The Hall–Kier alpha value is -3.87. The highest BCUT2D eigenvalue weighted by atomic mass is 16.3. The fourth-order valence-corrected chi connectivity index (χ4v) is 5.69. The fraction of sp³-hybridized carbons (Fsp3) is 0.621. The summed E-state index contributed by atoms with van der Waals surface area (Å²) in [6.45, 7) is 3.76. The number of nitrogens with two attached hydrogens (primary N) is 1. The van der Waals surface area contributed by atoms with Crippen molar-refractivity contribution in [3.8, 4) is 5.75 Å². The number of hydrogen-bond donors (Lipinski definition) is 10. The molecule has 1 aromatic rings. The van der Waals surface area contributed by atoms with Gasteiger partial charge >= 0.3 is 0 Å². The van der Waals surface area contributed by atoms with Crippen molar-refractivity contribution in [1.82, 2.24) is 20.4 Å². The van der Waals surface area contributed by atoms with E-state index < -0.39 is 96.2 Å². The van der Waals surface area contributed by atoms with Gasteiger partial charge in [0.15, 0.2) is 6.04 Å². The van der Waals surface area contributed by atoms with Crippen molar-refractivity contribution in [3.05, 3.63) is 29.8 Å². The van der Waals surface area contributed by atoms with Crippen LogP contribution in [0.3, 0.4) is 0 Å². The first-order valence-electron chi connectivity index (χ1n) is 15.0. The van der Waals surface area contributed by atoms with Gasteiger partial charge in [-0.25, -0.2) is 0 Å². The normalized spacial score (nSPS) is 26.8. The third-order valence-corrected chi connectivity index (χ3v) is 8.46. The zero-order valence-corrected chi connectivity index (χ0v) is 25.9. The molecule has 2 unspecified atom stereocenters. The number of nitrogens with zero attached hydrogens (tertiary/aromatic N) is 2. The van der Waals surface area contributed by atoms with E-state index in [1.165, 1.54) is 38.1 Å². The van der Waals surface area contributed by atoms with Crippen LogP contribution in [0.5, 0.6) is 5.75 Å². The Labute approximate surface area is 265 Å². The Morgan fingerprint density at radius 3 is 2.09 bits per heavy atom. The second-order valence-corrected chi connectivity index (χ2v) is 12.2. The molecule has 2 aliphatic rings. The van der Waals surface area contributed by atoms with E-state index in [-0.39, 0.29) is 31.7 Å². The first kappa shape index (κ1) is 36.6. The van der Waals surface area contributed by atoms with Crippen molar-refractivity contribution in [2.75, 3.05) is 13.1 Å². The predicted molar refractivity (Wildman–Crippen MR) is 158 cm³/mol. The highest BCUT2D eigenvalue weighted by molar-refractivity contribution is 5.96. The summed E-state index contributed by atoms with van der Waals surface area (Å²) in [5, 5.41) is 66.6. The summed E-state index contributed by atoms with van der Waals surface area (Å²) in [6.07, 6.45) is -7.21. The summed E-state index contributed by atoms with van der Waals surface area (Å²) >= 11 is 0. The lowest BCUT2D eigenvalue weighted by Crippen LogP contribution is -2.73. The number of phenols is 1. The molecule has 0 bridgehead atoms. The standard InChI is InChI=1S/C29H44N6O11/c1-12-10-35(23(24(12)41)25(31)42)29(46)21(14(3)37)32-27(44)22(19(40)8-15-4-6-16(38)7-5-15)33-26(43)18-9-17(39)11-34(18)28(45)20(30)13(2)36/h4-7,12-14,17-24,36-41H,8-11,30H2,1-3H3,(H2,31,42)(H,32,44)(H,33,43)/p+1/t12-,13?,14?,17+,18-,19+,20-,21-,22-,23-,24-/m0/s1. The Morgan fingerprint density at radius 2 is 1.54 bits per heavy atom. The van der Waals surface area contributed by atoms with Crippen molar-refractivity contribution >= 4 is 29.5 Å². The van der Waals surface area contributed by atoms with Crippen LogP contribution in [0.15, 0.2) is 24.3 Å². The van der Waals surface area contributed by atoms with Gasteiger partial charge in [0.2, 0.25) is 23.6 Å². The molecule has 1 aromatic carbocycles. The molecule has 17 heteroatoms. The quantitative estimate of drug-likeness (QED) is 0.101.